The van der Waals surface area contributed by atoms with Crippen molar-refractivity contribution in [3.05, 3.63) is 53.2 Å². The molecule has 2 heterocycles. The van der Waals surface area contributed by atoms with Crippen LogP contribution in [0.25, 0.3) is 10.9 Å². The molecule has 1 aromatic carbocycles. The molecule has 0 unspecified atom stereocenters. The Balaban J connectivity index is 1.95. The molecule has 0 saturated heterocycles. The smallest absolute Gasteiger partial charge is 0.103 e. The SMILES string of the molecule is Cc1cc2cc(Cc3cnc(C)[nH]3)ccc2[nH]1. The van der Waals surface area contributed by atoms with Crippen LogP contribution in [-0.2, 0) is 6.42 Å². The highest BCUT2D eigenvalue weighted by Gasteiger charge is 2.02. The number of benzene rings is 1. The molecule has 0 aliphatic rings. The highest BCUT2D eigenvalue weighted by Crippen LogP contribution is 2.18. The van der Waals surface area contributed by atoms with Gasteiger partial charge in [-0.25, -0.2) is 4.98 Å². The molecule has 0 bridgehead atoms. The molecule has 3 heteroatoms. The highest BCUT2D eigenvalue weighted by molar-refractivity contribution is 5.81. The van der Waals surface area contributed by atoms with Crippen molar-refractivity contribution < 1.29 is 0 Å². The Morgan fingerprint density at radius 2 is 2.00 bits per heavy atom. The Morgan fingerprint density at radius 3 is 2.76 bits per heavy atom. The lowest BCUT2D eigenvalue weighted by atomic mass is 10.1. The first-order chi connectivity index (χ1) is 8.20. The van der Waals surface area contributed by atoms with Crippen molar-refractivity contribution in [2.45, 2.75) is 20.3 Å². The number of H-pyrrole nitrogens is 2. The van der Waals surface area contributed by atoms with Crippen LogP contribution >= 0.6 is 0 Å². The summed E-state index contributed by atoms with van der Waals surface area (Å²) in [4.78, 5) is 10.8. The fourth-order valence-electron chi connectivity index (χ4n) is 2.22. The number of rotatable bonds is 2. The summed E-state index contributed by atoms with van der Waals surface area (Å²) in [5.41, 5.74) is 4.87. The van der Waals surface area contributed by atoms with Gasteiger partial charge in [-0.3, -0.25) is 0 Å². The Bertz CT molecular complexity index is 661. The van der Waals surface area contributed by atoms with Crippen LogP contribution in [0.3, 0.4) is 0 Å². The van der Waals surface area contributed by atoms with Gasteiger partial charge in [0.05, 0.1) is 0 Å². The van der Waals surface area contributed by atoms with Crippen molar-refractivity contribution in [1.82, 2.24) is 15.0 Å². The van der Waals surface area contributed by atoms with E-state index in [1.54, 1.807) is 0 Å². The van der Waals surface area contributed by atoms with E-state index in [1.165, 1.54) is 22.2 Å². The van der Waals surface area contributed by atoms with Crippen molar-refractivity contribution in [2.75, 3.05) is 0 Å². The summed E-state index contributed by atoms with van der Waals surface area (Å²) >= 11 is 0. The summed E-state index contributed by atoms with van der Waals surface area (Å²) in [6.07, 6.45) is 2.81. The lowest BCUT2D eigenvalue weighted by Gasteiger charge is -1.99. The number of imidazole rings is 1. The number of fused-ring (bicyclic) bond motifs is 1. The Kier molecular flexibility index (Phi) is 2.25. The summed E-state index contributed by atoms with van der Waals surface area (Å²) in [6, 6.07) is 8.71. The second-order valence-corrected chi connectivity index (χ2v) is 4.54. The molecule has 2 N–H and O–H groups in total. The molecule has 0 radical (unpaired) electrons. The first-order valence-electron chi connectivity index (χ1n) is 5.79. The van der Waals surface area contributed by atoms with Crippen LogP contribution in [0.15, 0.2) is 30.5 Å². The molecule has 2 aromatic heterocycles. The van der Waals surface area contributed by atoms with E-state index in [1.807, 2.05) is 13.1 Å². The van der Waals surface area contributed by atoms with Crippen molar-refractivity contribution in [3.63, 3.8) is 0 Å². The standard InChI is InChI=1S/C14H15N3/c1-9-5-12-6-11(3-4-14(12)16-9)7-13-8-15-10(2)17-13/h3-6,8,16H,7H2,1-2H3,(H,15,17). The minimum Gasteiger partial charge on any atom is -0.359 e. The van der Waals surface area contributed by atoms with Gasteiger partial charge in [0.2, 0.25) is 0 Å². The molecule has 0 atom stereocenters. The van der Waals surface area contributed by atoms with Crippen molar-refractivity contribution in [2.24, 2.45) is 0 Å². The van der Waals surface area contributed by atoms with Crippen LogP contribution in [0.5, 0.6) is 0 Å². The number of hydrogen-bond donors (Lipinski definition) is 2. The second kappa shape index (κ2) is 3.77. The third-order valence-corrected chi connectivity index (χ3v) is 2.97. The predicted molar refractivity (Wildman–Crippen MR) is 69.2 cm³/mol. The van der Waals surface area contributed by atoms with Crippen molar-refractivity contribution in [3.8, 4) is 0 Å². The summed E-state index contributed by atoms with van der Waals surface area (Å²) in [7, 11) is 0. The third-order valence-electron chi connectivity index (χ3n) is 2.97. The Labute approximate surface area is 99.9 Å². The quantitative estimate of drug-likeness (QED) is 0.691. The molecule has 3 nitrogen and oxygen atoms in total. The summed E-state index contributed by atoms with van der Waals surface area (Å²) in [5, 5.41) is 1.27. The summed E-state index contributed by atoms with van der Waals surface area (Å²) in [5.74, 6) is 0.971. The van der Waals surface area contributed by atoms with E-state index in [-0.39, 0.29) is 0 Å². The van der Waals surface area contributed by atoms with E-state index in [0.717, 1.165) is 17.9 Å². The van der Waals surface area contributed by atoms with Gasteiger partial charge in [0.25, 0.3) is 0 Å². The maximum Gasteiger partial charge on any atom is 0.103 e. The average molecular weight is 225 g/mol. The summed E-state index contributed by atoms with van der Waals surface area (Å²) < 4.78 is 0. The Morgan fingerprint density at radius 1 is 1.12 bits per heavy atom. The molecule has 0 spiro atoms. The number of aromatic nitrogens is 3. The van der Waals surface area contributed by atoms with E-state index in [9.17, 15) is 0 Å². The predicted octanol–water partition coefficient (Wildman–Crippen LogP) is 3.10. The van der Waals surface area contributed by atoms with E-state index in [2.05, 4.69) is 46.1 Å². The zero-order valence-electron chi connectivity index (χ0n) is 10.0. The number of hydrogen-bond acceptors (Lipinski definition) is 1. The number of nitrogens with zero attached hydrogens (tertiary/aromatic N) is 1. The molecule has 86 valence electrons. The van der Waals surface area contributed by atoms with Crippen LogP contribution in [0.2, 0.25) is 0 Å². The summed E-state index contributed by atoms with van der Waals surface area (Å²) in [6.45, 7) is 4.06. The van der Waals surface area contributed by atoms with E-state index < -0.39 is 0 Å². The first-order valence-corrected chi connectivity index (χ1v) is 5.79. The van der Waals surface area contributed by atoms with Gasteiger partial charge in [-0.1, -0.05) is 6.07 Å². The van der Waals surface area contributed by atoms with Gasteiger partial charge in [0, 0.05) is 29.5 Å². The molecule has 0 fully saturated rings. The topological polar surface area (TPSA) is 44.5 Å². The fourth-order valence-corrected chi connectivity index (χ4v) is 2.22. The lowest BCUT2D eigenvalue weighted by molar-refractivity contribution is 1.07. The second-order valence-electron chi connectivity index (χ2n) is 4.54. The van der Waals surface area contributed by atoms with Crippen LogP contribution in [0.1, 0.15) is 22.8 Å². The van der Waals surface area contributed by atoms with Gasteiger partial charge in [-0.15, -0.1) is 0 Å². The molecule has 0 aliphatic heterocycles. The van der Waals surface area contributed by atoms with Crippen molar-refractivity contribution >= 4 is 10.9 Å². The van der Waals surface area contributed by atoms with E-state index >= 15 is 0 Å². The molecule has 17 heavy (non-hydrogen) atoms. The van der Waals surface area contributed by atoms with E-state index in [4.69, 9.17) is 0 Å². The molecule has 0 amide bonds. The van der Waals surface area contributed by atoms with Crippen LogP contribution in [0, 0.1) is 13.8 Å². The Hall–Kier alpha value is -2.03. The van der Waals surface area contributed by atoms with Crippen LogP contribution in [0.4, 0.5) is 0 Å². The van der Waals surface area contributed by atoms with Crippen LogP contribution in [-0.4, -0.2) is 15.0 Å². The van der Waals surface area contributed by atoms with Gasteiger partial charge >= 0.3 is 0 Å². The van der Waals surface area contributed by atoms with Gasteiger partial charge in [-0.05, 0) is 43.0 Å². The normalized spacial score (nSPS) is 11.2. The third kappa shape index (κ3) is 1.96. The van der Waals surface area contributed by atoms with Crippen LogP contribution < -0.4 is 0 Å². The molecule has 0 saturated carbocycles. The zero-order valence-corrected chi connectivity index (χ0v) is 10.0. The van der Waals surface area contributed by atoms with Gasteiger partial charge in [0.1, 0.15) is 5.82 Å². The van der Waals surface area contributed by atoms with Crippen molar-refractivity contribution in [1.29, 1.82) is 0 Å². The molecule has 3 aromatic rings. The minimum absolute atomic E-state index is 0.904. The first kappa shape index (κ1) is 10.1. The maximum atomic E-state index is 4.22. The monoisotopic (exact) mass is 225 g/mol. The highest BCUT2D eigenvalue weighted by atomic mass is 14.9. The average Bonchev–Trinajstić information content (AvgIpc) is 2.83. The zero-order chi connectivity index (χ0) is 11.8. The molecular formula is C14H15N3. The number of aryl methyl sites for hydroxylation is 2. The largest absolute Gasteiger partial charge is 0.359 e. The lowest BCUT2D eigenvalue weighted by Crippen LogP contribution is -1.88. The fraction of sp³-hybridized carbons (Fsp3) is 0.214. The minimum atomic E-state index is 0.904. The van der Waals surface area contributed by atoms with E-state index in [0.29, 0.717) is 0 Å². The molecule has 3 rings (SSSR count). The van der Waals surface area contributed by atoms with Gasteiger partial charge in [-0.2, -0.15) is 0 Å². The molecule has 0 aliphatic carbocycles. The molecular weight excluding hydrogens is 210 g/mol. The number of aromatic amines is 2. The maximum absolute atomic E-state index is 4.22. The van der Waals surface area contributed by atoms with Gasteiger partial charge < -0.3 is 9.97 Å². The van der Waals surface area contributed by atoms with Gasteiger partial charge in [0.15, 0.2) is 0 Å². The number of nitrogens with one attached hydrogen (secondary N) is 2.